The molecule has 1 unspecified atom stereocenters. The van der Waals surface area contributed by atoms with E-state index in [1.54, 1.807) is 0 Å². The molecule has 0 fully saturated rings. The zero-order valence-electron chi connectivity index (χ0n) is 9.81. The van der Waals surface area contributed by atoms with E-state index in [0.29, 0.717) is 0 Å². The standard InChI is InChI=1S/C13H13BrN2OS/c1-8-7-9(4-5-10(8)14)16-13(17)12(15)11-3-2-6-18-11/h2-7,12H,15H2,1H3,(H,16,17). The van der Waals surface area contributed by atoms with Crippen LogP contribution in [0.2, 0.25) is 0 Å². The van der Waals surface area contributed by atoms with Crippen LogP contribution in [0.5, 0.6) is 0 Å². The minimum atomic E-state index is -0.617. The SMILES string of the molecule is Cc1cc(NC(=O)C(N)c2cccs2)ccc1Br. The number of aryl methyl sites for hydroxylation is 1. The summed E-state index contributed by atoms with van der Waals surface area (Å²) in [5.74, 6) is -0.195. The summed E-state index contributed by atoms with van der Waals surface area (Å²) < 4.78 is 1.02. The fraction of sp³-hybridized carbons (Fsp3) is 0.154. The van der Waals surface area contributed by atoms with Crippen LogP contribution in [-0.4, -0.2) is 5.91 Å². The van der Waals surface area contributed by atoms with Crippen molar-refractivity contribution < 1.29 is 4.79 Å². The third-order valence-electron chi connectivity index (χ3n) is 2.56. The zero-order valence-corrected chi connectivity index (χ0v) is 12.2. The maximum Gasteiger partial charge on any atom is 0.246 e. The highest BCUT2D eigenvalue weighted by atomic mass is 79.9. The Kier molecular flexibility index (Phi) is 4.16. The first-order valence-corrected chi connectivity index (χ1v) is 7.11. The van der Waals surface area contributed by atoms with Gasteiger partial charge in [-0.25, -0.2) is 0 Å². The third-order valence-corrected chi connectivity index (χ3v) is 4.40. The quantitative estimate of drug-likeness (QED) is 0.908. The van der Waals surface area contributed by atoms with Gasteiger partial charge in [0.05, 0.1) is 0 Å². The topological polar surface area (TPSA) is 55.1 Å². The second-order valence-electron chi connectivity index (χ2n) is 3.95. The summed E-state index contributed by atoms with van der Waals surface area (Å²) in [7, 11) is 0. The van der Waals surface area contributed by atoms with Gasteiger partial charge in [0.1, 0.15) is 6.04 Å². The number of hydrogen-bond acceptors (Lipinski definition) is 3. The molecular weight excluding hydrogens is 312 g/mol. The van der Waals surface area contributed by atoms with Gasteiger partial charge in [0, 0.05) is 15.0 Å². The molecule has 0 saturated heterocycles. The van der Waals surface area contributed by atoms with Gasteiger partial charge in [-0.3, -0.25) is 4.79 Å². The van der Waals surface area contributed by atoms with E-state index in [1.807, 2.05) is 42.6 Å². The molecule has 94 valence electrons. The first kappa shape index (κ1) is 13.3. The van der Waals surface area contributed by atoms with E-state index in [4.69, 9.17) is 5.73 Å². The van der Waals surface area contributed by atoms with Gasteiger partial charge in [-0.1, -0.05) is 22.0 Å². The third kappa shape index (κ3) is 2.98. The lowest BCUT2D eigenvalue weighted by Gasteiger charge is -2.11. The molecule has 0 spiro atoms. The Balaban J connectivity index is 2.09. The van der Waals surface area contributed by atoms with Crippen LogP contribution in [-0.2, 0) is 4.79 Å². The second kappa shape index (κ2) is 5.65. The molecule has 2 rings (SSSR count). The molecule has 0 bridgehead atoms. The number of hydrogen-bond donors (Lipinski definition) is 2. The first-order valence-electron chi connectivity index (χ1n) is 5.44. The van der Waals surface area contributed by atoms with Crippen LogP contribution in [0.15, 0.2) is 40.2 Å². The molecule has 5 heteroatoms. The molecule has 2 aromatic rings. The molecule has 18 heavy (non-hydrogen) atoms. The van der Waals surface area contributed by atoms with Gasteiger partial charge in [-0.15, -0.1) is 11.3 Å². The summed E-state index contributed by atoms with van der Waals surface area (Å²) in [6, 6.07) is 8.79. The molecule has 0 radical (unpaired) electrons. The van der Waals surface area contributed by atoms with Crippen molar-refractivity contribution in [2.75, 3.05) is 5.32 Å². The summed E-state index contributed by atoms with van der Waals surface area (Å²) in [6.07, 6.45) is 0. The number of halogens is 1. The van der Waals surface area contributed by atoms with E-state index in [0.717, 1.165) is 20.6 Å². The number of carbonyl (C=O) groups is 1. The van der Waals surface area contributed by atoms with Crippen molar-refractivity contribution in [2.24, 2.45) is 5.73 Å². The van der Waals surface area contributed by atoms with Crippen molar-refractivity contribution in [3.63, 3.8) is 0 Å². The van der Waals surface area contributed by atoms with Crippen LogP contribution in [0.3, 0.4) is 0 Å². The molecule has 1 aromatic carbocycles. The molecule has 3 nitrogen and oxygen atoms in total. The molecule has 1 heterocycles. The lowest BCUT2D eigenvalue weighted by molar-refractivity contribution is -0.117. The summed E-state index contributed by atoms with van der Waals surface area (Å²) in [4.78, 5) is 12.8. The van der Waals surface area contributed by atoms with Crippen LogP contribution in [0, 0.1) is 6.92 Å². The zero-order chi connectivity index (χ0) is 13.1. The highest BCUT2D eigenvalue weighted by molar-refractivity contribution is 9.10. The summed E-state index contributed by atoms with van der Waals surface area (Å²) in [5, 5.41) is 4.73. The van der Waals surface area contributed by atoms with Gasteiger partial charge < -0.3 is 11.1 Å². The number of benzene rings is 1. The monoisotopic (exact) mass is 324 g/mol. The van der Waals surface area contributed by atoms with Gasteiger partial charge >= 0.3 is 0 Å². The number of nitrogens with one attached hydrogen (secondary N) is 1. The van der Waals surface area contributed by atoms with E-state index >= 15 is 0 Å². The van der Waals surface area contributed by atoms with Crippen LogP contribution >= 0.6 is 27.3 Å². The van der Waals surface area contributed by atoms with Crippen molar-refractivity contribution in [1.82, 2.24) is 0 Å². The van der Waals surface area contributed by atoms with E-state index in [1.165, 1.54) is 11.3 Å². The minimum Gasteiger partial charge on any atom is -0.324 e. The maximum absolute atomic E-state index is 12.0. The number of carbonyl (C=O) groups excluding carboxylic acids is 1. The normalized spacial score (nSPS) is 12.2. The van der Waals surface area contributed by atoms with Gasteiger partial charge in [0.25, 0.3) is 0 Å². The van der Waals surface area contributed by atoms with Crippen molar-refractivity contribution in [3.05, 3.63) is 50.6 Å². The van der Waals surface area contributed by atoms with E-state index < -0.39 is 6.04 Å². The van der Waals surface area contributed by atoms with Gasteiger partial charge in [-0.05, 0) is 42.1 Å². The van der Waals surface area contributed by atoms with E-state index in [2.05, 4.69) is 21.2 Å². The number of nitrogens with two attached hydrogens (primary N) is 1. The maximum atomic E-state index is 12.0. The van der Waals surface area contributed by atoms with Crippen molar-refractivity contribution in [1.29, 1.82) is 0 Å². The fourth-order valence-corrected chi connectivity index (χ4v) is 2.51. The Labute approximate surface area is 118 Å². The average molecular weight is 325 g/mol. The Hall–Kier alpha value is -1.17. The van der Waals surface area contributed by atoms with Gasteiger partial charge in [0.15, 0.2) is 0 Å². The smallest absolute Gasteiger partial charge is 0.246 e. The average Bonchev–Trinajstić information content (AvgIpc) is 2.86. The Morgan fingerprint density at radius 2 is 2.22 bits per heavy atom. The van der Waals surface area contributed by atoms with Crippen LogP contribution < -0.4 is 11.1 Å². The van der Waals surface area contributed by atoms with Gasteiger partial charge in [-0.2, -0.15) is 0 Å². The summed E-state index contributed by atoms with van der Waals surface area (Å²) >= 11 is 4.90. The lowest BCUT2D eigenvalue weighted by Crippen LogP contribution is -2.26. The minimum absolute atomic E-state index is 0.195. The summed E-state index contributed by atoms with van der Waals surface area (Å²) in [6.45, 7) is 1.97. The van der Waals surface area contributed by atoms with Crippen LogP contribution in [0.1, 0.15) is 16.5 Å². The molecule has 1 amide bonds. The molecule has 0 saturated carbocycles. The highest BCUT2D eigenvalue weighted by Gasteiger charge is 2.16. The van der Waals surface area contributed by atoms with Crippen molar-refractivity contribution >= 4 is 38.9 Å². The lowest BCUT2D eigenvalue weighted by atomic mass is 10.2. The first-order chi connectivity index (χ1) is 8.58. The molecular formula is C13H13BrN2OS. The molecule has 1 atom stereocenters. The summed E-state index contributed by atoms with van der Waals surface area (Å²) in [5.41, 5.74) is 7.71. The molecule has 1 aromatic heterocycles. The largest absolute Gasteiger partial charge is 0.324 e. The number of thiophene rings is 1. The van der Waals surface area contributed by atoms with Crippen LogP contribution in [0.4, 0.5) is 5.69 Å². The predicted molar refractivity (Wildman–Crippen MR) is 78.8 cm³/mol. The molecule has 3 N–H and O–H groups in total. The van der Waals surface area contributed by atoms with Gasteiger partial charge in [0.2, 0.25) is 5.91 Å². The van der Waals surface area contributed by atoms with Crippen molar-refractivity contribution in [3.8, 4) is 0 Å². The predicted octanol–water partition coefficient (Wildman–Crippen LogP) is 3.46. The molecule has 0 aliphatic carbocycles. The van der Waals surface area contributed by atoms with E-state index in [9.17, 15) is 4.79 Å². The Morgan fingerprint density at radius 3 is 2.83 bits per heavy atom. The molecule has 0 aliphatic heterocycles. The van der Waals surface area contributed by atoms with Crippen molar-refractivity contribution in [2.45, 2.75) is 13.0 Å². The Bertz CT molecular complexity index is 554. The molecule has 0 aliphatic rings. The highest BCUT2D eigenvalue weighted by Crippen LogP contribution is 2.22. The fourth-order valence-electron chi connectivity index (χ4n) is 1.54. The van der Waals surface area contributed by atoms with Crippen LogP contribution in [0.25, 0.3) is 0 Å². The number of rotatable bonds is 3. The second-order valence-corrected chi connectivity index (χ2v) is 5.78. The number of anilines is 1. The Morgan fingerprint density at radius 1 is 1.44 bits per heavy atom. The van der Waals surface area contributed by atoms with E-state index in [-0.39, 0.29) is 5.91 Å². The number of amides is 1.